The molecular formula is C26H38O6. The number of aryl methyl sites for hydroxylation is 2. The average molecular weight is 447 g/mol. The minimum atomic E-state index is -2.32. The lowest BCUT2D eigenvalue weighted by Gasteiger charge is -2.46. The van der Waals surface area contributed by atoms with Gasteiger partial charge in [-0.05, 0) is 67.5 Å². The molecule has 6 nitrogen and oxygen atoms in total. The first-order chi connectivity index (χ1) is 14.9. The molecule has 0 heterocycles. The van der Waals surface area contributed by atoms with Gasteiger partial charge in [0.05, 0.1) is 12.2 Å². The molecule has 2 aromatic carbocycles. The zero-order chi connectivity index (χ0) is 24.3. The fraction of sp³-hybridized carbons (Fsp3) is 0.538. The van der Waals surface area contributed by atoms with Crippen LogP contribution in [0.3, 0.4) is 0 Å². The van der Waals surface area contributed by atoms with Crippen LogP contribution >= 0.6 is 0 Å². The minimum Gasteiger partial charge on any atom is -0.394 e. The Morgan fingerprint density at radius 3 is 1.69 bits per heavy atom. The van der Waals surface area contributed by atoms with E-state index in [1.165, 1.54) is 0 Å². The molecule has 0 saturated carbocycles. The van der Waals surface area contributed by atoms with Gasteiger partial charge in [0.1, 0.15) is 23.9 Å². The van der Waals surface area contributed by atoms with Gasteiger partial charge in [-0.2, -0.15) is 0 Å². The summed E-state index contributed by atoms with van der Waals surface area (Å²) in [4.78, 5) is 0. The molecule has 2 rings (SSSR count). The highest BCUT2D eigenvalue weighted by Crippen LogP contribution is 2.35. The molecule has 0 aliphatic carbocycles. The van der Waals surface area contributed by atoms with Gasteiger partial charge in [-0.1, -0.05) is 43.3 Å². The maximum atomic E-state index is 11.7. The van der Waals surface area contributed by atoms with E-state index in [0.717, 1.165) is 27.8 Å². The third-order valence-corrected chi connectivity index (χ3v) is 7.06. The molecule has 0 saturated heterocycles. The van der Waals surface area contributed by atoms with Crippen molar-refractivity contribution in [2.24, 2.45) is 0 Å². The van der Waals surface area contributed by atoms with Crippen molar-refractivity contribution in [1.82, 2.24) is 0 Å². The zero-order valence-corrected chi connectivity index (χ0v) is 19.7. The van der Waals surface area contributed by atoms with Gasteiger partial charge in [-0.3, -0.25) is 0 Å². The molecule has 0 amide bonds. The summed E-state index contributed by atoms with van der Waals surface area (Å²) in [5, 5.41) is 65.0. The molecule has 0 radical (unpaired) electrons. The molecule has 0 aliphatic heterocycles. The fourth-order valence-corrected chi connectivity index (χ4v) is 4.32. The maximum absolute atomic E-state index is 11.7. The summed E-state index contributed by atoms with van der Waals surface area (Å²) < 4.78 is 0. The van der Waals surface area contributed by atoms with E-state index in [1.54, 1.807) is 19.1 Å². The van der Waals surface area contributed by atoms with Crippen molar-refractivity contribution in [3.63, 3.8) is 0 Å². The van der Waals surface area contributed by atoms with Gasteiger partial charge in [0.15, 0.2) is 0 Å². The summed E-state index contributed by atoms with van der Waals surface area (Å²) in [7, 11) is 0. The summed E-state index contributed by atoms with van der Waals surface area (Å²) in [6.45, 7) is 8.56. The average Bonchev–Trinajstić information content (AvgIpc) is 2.78. The third-order valence-electron chi connectivity index (χ3n) is 7.06. The summed E-state index contributed by atoms with van der Waals surface area (Å²) in [6.07, 6.45) is -5.46. The van der Waals surface area contributed by atoms with Crippen LogP contribution in [0, 0.1) is 27.7 Å². The van der Waals surface area contributed by atoms with Crippen LogP contribution in [-0.4, -0.2) is 66.8 Å². The molecule has 6 heteroatoms. The topological polar surface area (TPSA) is 121 Å². The van der Waals surface area contributed by atoms with E-state index in [9.17, 15) is 30.6 Å². The smallest absolute Gasteiger partial charge is 0.126 e. The van der Waals surface area contributed by atoms with Gasteiger partial charge in [0.25, 0.3) is 0 Å². The number of aliphatic hydroxyl groups excluding tert-OH is 4. The van der Waals surface area contributed by atoms with Crippen LogP contribution in [0.15, 0.2) is 36.4 Å². The molecule has 5 atom stereocenters. The maximum Gasteiger partial charge on any atom is 0.126 e. The highest BCUT2D eigenvalue weighted by Gasteiger charge is 2.53. The van der Waals surface area contributed by atoms with Gasteiger partial charge in [0.2, 0.25) is 0 Å². The first kappa shape index (κ1) is 26.5. The van der Waals surface area contributed by atoms with Gasteiger partial charge >= 0.3 is 0 Å². The molecular weight excluding hydrogens is 408 g/mol. The van der Waals surface area contributed by atoms with Gasteiger partial charge in [-0.25, -0.2) is 0 Å². The standard InChI is InChI=1S/C26H38O6/c1-6-25(31,13-20-11-7-9-16(2)18(20)4)24(30)26(32,23(29)22(28)15-27)14-21-12-8-10-17(3)19(21)5/h7-12,22-24,27-32H,6,13-15H2,1-5H3/t22-,23+,24+,25?,26+/m0/s1. The molecule has 0 bridgehead atoms. The lowest BCUT2D eigenvalue weighted by atomic mass is 9.71. The third kappa shape index (κ3) is 5.22. The number of rotatable bonds is 10. The van der Waals surface area contributed by atoms with Crippen LogP contribution < -0.4 is 0 Å². The van der Waals surface area contributed by atoms with Crippen molar-refractivity contribution in [1.29, 1.82) is 0 Å². The van der Waals surface area contributed by atoms with Crippen molar-refractivity contribution < 1.29 is 30.6 Å². The lowest BCUT2D eigenvalue weighted by Crippen LogP contribution is -2.66. The van der Waals surface area contributed by atoms with E-state index in [4.69, 9.17) is 0 Å². The van der Waals surface area contributed by atoms with E-state index in [-0.39, 0.29) is 19.3 Å². The van der Waals surface area contributed by atoms with Crippen molar-refractivity contribution in [3.8, 4) is 0 Å². The first-order valence-corrected chi connectivity index (χ1v) is 11.1. The van der Waals surface area contributed by atoms with E-state index in [2.05, 4.69) is 0 Å². The Kier molecular flexibility index (Phi) is 8.62. The molecule has 0 aromatic heterocycles. The second-order valence-electron chi connectivity index (χ2n) is 9.12. The van der Waals surface area contributed by atoms with Crippen molar-refractivity contribution >= 4 is 0 Å². The van der Waals surface area contributed by atoms with Crippen LogP contribution in [0.1, 0.15) is 46.7 Å². The highest BCUT2D eigenvalue weighted by atomic mass is 16.4. The van der Waals surface area contributed by atoms with E-state index in [0.29, 0.717) is 5.56 Å². The number of benzene rings is 2. The Labute approximate surface area is 190 Å². The van der Waals surface area contributed by atoms with Gasteiger partial charge in [-0.15, -0.1) is 0 Å². The van der Waals surface area contributed by atoms with Crippen molar-refractivity contribution in [2.75, 3.05) is 6.61 Å². The Morgan fingerprint density at radius 1 is 0.781 bits per heavy atom. The molecule has 2 aromatic rings. The van der Waals surface area contributed by atoms with Crippen LogP contribution in [0.25, 0.3) is 0 Å². The molecule has 32 heavy (non-hydrogen) atoms. The van der Waals surface area contributed by atoms with Gasteiger partial charge in [0, 0.05) is 12.8 Å². The lowest BCUT2D eigenvalue weighted by molar-refractivity contribution is -0.229. The second kappa shape index (κ2) is 10.4. The number of hydrogen-bond donors (Lipinski definition) is 6. The summed E-state index contributed by atoms with van der Waals surface area (Å²) >= 11 is 0. The van der Waals surface area contributed by atoms with E-state index in [1.807, 2.05) is 52.0 Å². The highest BCUT2D eigenvalue weighted by molar-refractivity contribution is 5.36. The molecule has 6 N–H and O–H groups in total. The number of aliphatic hydroxyl groups is 6. The second-order valence-corrected chi connectivity index (χ2v) is 9.12. The summed E-state index contributed by atoms with van der Waals surface area (Å²) in [6, 6.07) is 11.2. The normalized spacial score (nSPS) is 18.5. The fourth-order valence-electron chi connectivity index (χ4n) is 4.32. The van der Waals surface area contributed by atoms with Crippen molar-refractivity contribution in [3.05, 3.63) is 69.8 Å². The largest absolute Gasteiger partial charge is 0.394 e. The molecule has 0 fully saturated rings. The Morgan fingerprint density at radius 2 is 1.25 bits per heavy atom. The quantitative estimate of drug-likeness (QED) is 0.330. The monoisotopic (exact) mass is 446 g/mol. The Hall–Kier alpha value is -1.80. The molecule has 0 aliphatic rings. The minimum absolute atomic E-state index is 0.0508. The van der Waals surface area contributed by atoms with E-state index < -0.39 is 36.1 Å². The Bertz CT molecular complexity index is 913. The number of hydrogen-bond acceptors (Lipinski definition) is 6. The van der Waals surface area contributed by atoms with Gasteiger partial charge < -0.3 is 30.6 Å². The van der Waals surface area contributed by atoms with Crippen LogP contribution in [-0.2, 0) is 12.8 Å². The molecule has 178 valence electrons. The van der Waals surface area contributed by atoms with E-state index >= 15 is 0 Å². The van der Waals surface area contributed by atoms with Crippen LogP contribution in [0.4, 0.5) is 0 Å². The van der Waals surface area contributed by atoms with Crippen LogP contribution in [0.2, 0.25) is 0 Å². The van der Waals surface area contributed by atoms with Crippen LogP contribution in [0.5, 0.6) is 0 Å². The summed E-state index contributed by atoms with van der Waals surface area (Å²) in [5.41, 5.74) is 1.23. The zero-order valence-electron chi connectivity index (χ0n) is 19.7. The predicted molar refractivity (Wildman–Crippen MR) is 125 cm³/mol. The van der Waals surface area contributed by atoms with Crippen molar-refractivity contribution in [2.45, 2.75) is 83.4 Å². The predicted octanol–water partition coefficient (Wildman–Crippen LogP) is 1.65. The Balaban J connectivity index is 2.54. The summed E-state index contributed by atoms with van der Waals surface area (Å²) in [5.74, 6) is 0. The molecule has 1 unspecified atom stereocenters. The first-order valence-electron chi connectivity index (χ1n) is 11.1. The molecule has 0 spiro atoms. The SMILES string of the molecule is CCC(O)(Cc1cccc(C)c1C)[C@@H](O)[C@@](O)(Cc1cccc(C)c1C)[C@H](O)[C@@H](O)CO.